The van der Waals surface area contributed by atoms with E-state index in [1.165, 1.54) is 19.2 Å². The van der Waals surface area contributed by atoms with Crippen molar-refractivity contribution in [1.29, 1.82) is 0 Å². The molecular formula is C10H8Cl2O4. The number of ketones is 1. The molecule has 0 aromatic heterocycles. The Kier molecular flexibility index (Phi) is 4.15. The number of ether oxygens (including phenoxy) is 2. The van der Waals surface area contributed by atoms with Crippen LogP contribution in [0, 0.1) is 0 Å². The number of carbonyl (C=O) groups excluding carboxylic acids is 2. The second-order valence-electron chi connectivity index (χ2n) is 2.79. The van der Waals surface area contributed by atoms with Gasteiger partial charge in [0.05, 0.1) is 24.8 Å². The first-order valence-electron chi connectivity index (χ1n) is 4.17. The van der Waals surface area contributed by atoms with Crippen LogP contribution in [0.1, 0.15) is 10.4 Å². The van der Waals surface area contributed by atoms with E-state index >= 15 is 0 Å². The monoisotopic (exact) mass is 262 g/mol. The molecule has 0 amide bonds. The van der Waals surface area contributed by atoms with Crippen LogP contribution in [-0.4, -0.2) is 26.0 Å². The molecule has 0 saturated heterocycles. The highest BCUT2D eigenvalue weighted by atomic mass is 35.5. The second kappa shape index (κ2) is 5.18. The molecule has 0 saturated carbocycles. The van der Waals surface area contributed by atoms with Crippen LogP contribution in [0.3, 0.4) is 0 Å². The van der Waals surface area contributed by atoms with Gasteiger partial charge >= 0.3 is 5.97 Å². The molecule has 0 spiro atoms. The number of benzene rings is 1. The molecule has 0 atom stereocenters. The predicted molar refractivity (Wildman–Crippen MR) is 59.4 cm³/mol. The lowest BCUT2D eigenvalue weighted by molar-refractivity contribution is -0.135. The van der Waals surface area contributed by atoms with Gasteiger partial charge in [0, 0.05) is 5.02 Å². The average molecular weight is 263 g/mol. The normalized spacial score (nSPS) is 9.75. The Hall–Kier alpha value is -1.26. The molecule has 0 bridgehead atoms. The zero-order valence-electron chi connectivity index (χ0n) is 8.54. The van der Waals surface area contributed by atoms with Crippen LogP contribution in [0.4, 0.5) is 0 Å². The van der Waals surface area contributed by atoms with E-state index in [1.807, 2.05) is 0 Å². The van der Waals surface area contributed by atoms with Crippen LogP contribution in [0.25, 0.3) is 0 Å². The second-order valence-corrected chi connectivity index (χ2v) is 3.63. The van der Waals surface area contributed by atoms with E-state index < -0.39 is 11.8 Å². The van der Waals surface area contributed by atoms with Crippen molar-refractivity contribution in [3.63, 3.8) is 0 Å². The highest BCUT2D eigenvalue weighted by Crippen LogP contribution is 2.32. The number of halogens is 2. The van der Waals surface area contributed by atoms with Crippen LogP contribution in [0.2, 0.25) is 10.0 Å². The molecule has 0 unspecified atom stereocenters. The third kappa shape index (κ3) is 2.46. The fraction of sp³-hybridized carbons (Fsp3) is 0.200. The van der Waals surface area contributed by atoms with Crippen molar-refractivity contribution in [3.05, 3.63) is 27.7 Å². The molecule has 6 heteroatoms. The first kappa shape index (κ1) is 12.8. The zero-order chi connectivity index (χ0) is 12.3. The Balaban J connectivity index is 3.31. The predicted octanol–water partition coefficient (Wildman–Crippen LogP) is 2.36. The topological polar surface area (TPSA) is 52.6 Å². The molecule has 0 radical (unpaired) electrons. The number of Topliss-reactive ketones (excluding diaryl/α,β-unsaturated/α-hetero) is 1. The maximum Gasteiger partial charge on any atom is 0.379 e. The third-order valence-corrected chi connectivity index (χ3v) is 2.33. The minimum absolute atomic E-state index is 0.0214. The fourth-order valence-corrected chi connectivity index (χ4v) is 1.71. The highest BCUT2D eigenvalue weighted by molar-refractivity contribution is 6.43. The first-order chi connectivity index (χ1) is 7.51. The largest absolute Gasteiger partial charge is 0.494 e. The molecule has 0 heterocycles. The maximum absolute atomic E-state index is 11.6. The van der Waals surface area contributed by atoms with Gasteiger partial charge in [-0.3, -0.25) is 4.79 Å². The van der Waals surface area contributed by atoms with Gasteiger partial charge in [-0.1, -0.05) is 23.2 Å². The third-order valence-electron chi connectivity index (χ3n) is 1.83. The summed E-state index contributed by atoms with van der Waals surface area (Å²) in [5.41, 5.74) is -0.0214. The van der Waals surface area contributed by atoms with Crippen molar-refractivity contribution in [2.75, 3.05) is 14.2 Å². The van der Waals surface area contributed by atoms with Crippen LogP contribution in [0.15, 0.2) is 12.1 Å². The standard InChI is InChI=1S/C10H8Cl2O4/c1-15-9-6(8(13)10(14)16-2)3-5(11)4-7(9)12/h3-4H,1-2H3. The minimum Gasteiger partial charge on any atom is -0.494 e. The number of hydrogen-bond donors (Lipinski definition) is 0. The molecule has 0 aliphatic heterocycles. The Morgan fingerprint density at radius 1 is 1.19 bits per heavy atom. The van der Waals surface area contributed by atoms with E-state index in [-0.39, 0.29) is 21.4 Å². The maximum atomic E-state index is 11.6. The number of rotatable bonds is 3. The van der Waals surface area contributed by atoms with E-state index in [2.05, 4.69) is 4.74 Å². The molecule has 86 valence electrons. The highest BCUT2D eigenvalue weighted by Gasteiger charge is 2.23. The van der Waals surface area contributed by atoms with Crippen LogP contribution in [0.5, 0.6) is 5.75 Å². The molecular weight excluding hydrogens is 255 g/mol. The number of hydrogen-bond acceptors (Lipinski definition) is 4. The number of methoxy groups -OCH3 is 2. The molecule has 1 rings (SSSR count). The summed E-state index contributed by atoms with van der Waals surface area (Å²) in [6.07, 6.45) is 0. The molecule has 16 heavy (non-hydrogen) atoms. The van der Waals surface area contributed by atoms with Gasteiger partial charge in [-0.05, 0) is 12.1 Å². The van der Waals surface area contributed by atoms with E-state index in [9.17, 15) is 9.59 Å². The van der Waals surface area contributed by atoms with E-state index in [0.717, 1.165) is 7.11 Å². The van der Waals surface area contributed by atoms with Crippen molar-refractivity contribution in [1.82, 2.24) is 0 Å². The van der Waals surface area contributed by atoms with Gasteiger partial charge in [-0.25, -0.2) is 4.79 Å². The summed E-state index contributed by atoms with van der Waals surface area (Å²) in [5, 5.41) is 0.389. The smallest absolute Gasteiger partial charge is 0.379 e. The first-order valence-corrected chi connectivity index (χ1v) is 4.92. The Labute approximate surface area is 102 Å². The molecule has 0 N–H and O–H groups in total. The SMILES string of the molecule is COC(=O)C(=O)c1cc(Cl)cc(Cl)c1OC. The van der Waals surface area contributed by atoms with E-state index in [4.69, 9.17) is 27.9 Å². The summed E-state index contributed by atoms with van der Waals surface area (Å²) in [6, 6.07) is 2.71. The zero-order valence-corrected chi connectivity index (χ0v) is 10.1. The molecule has 0 aliphatic rings. The van der Waals surface area contributed by atoms with Crippen molar-refractivity contribution in [3.8, 4) is 5.75 Å². The summed E-state index contributed by atoms with van der Waals surface area (Å²) in [5.74, 6) is -1.76. The molecule has 0 aliphatic carbocycles. The van der Waals surface area contributed by atoms with Gasteiger partial charge in [0.15, 0.2) is 0 Å². The molecule has 0 fully saturated rings. The lowest BCUT2D eigenvalue weighted by Crippen LogP contribution is -2.16. The van der Waals surface area contributed by atoms with E-state index in [1.54, 1.807) is 0 Å². The van der Waals surface area contributed by atoms with E-state index in [0.29, 0.717) is 0 Å². The van der Waals surface area contributed by atoms with Crippen LogP contribution < -0.4 is 4.74 Å². The van der Waals surface area contributed by atoms with Crippen molar-refractivity contribution >= 4 is 35.0 Å². The lowest BCUT2D eigenvalue weighted by Gasteiger charge is -2.08. The number of esters is 1. The van der Waals surface area contributed by atoms with Crippen molar-refractivity contribution in [2.24, 2.45) is 0 Å². The molecule has 1 aromatic rings. The molecule has 4 nitrogen and oxygen atoms in total. The Bertz CT molecular complexity index is 443. The van der Waals surface area contributed by atoms with Crippen molar-refractivity contribution in [2.45, 2.75) is 0 Å². The van der Waals surface area contributed by atoms with Crippen LogP contribution in [-0.2, 0) is 9.53 Å². The summed E-state index contributed by atoms with van der Waals surface area (Å²) in [7, 11) is 2.45. The van der Waals surface area contributed by atoms with Crippen molar-refractivity contribution < 1.29 is 19.1 Å². The summed E-state index contributed by atoms with van der Waals surface area (Å²) in [6.45, 7) is 0. The van der Waals surface area contributed by atoms with Gasteiger partial charge in [0.25, 0.3) is 5.78 Å². The molecule has 1 aromatic carbocycles. The number of carbonyl (C=O) groups is 2. The summed E-state index contributed by atoms with van der Waals surface area (Å²) >= 11 is 11.5. The van der Waals surface area contributed by atoms with Gasteiger partial charge in [-0.2, -0.15) is 0 Å². The van der Waals surface area contributed by atoms with Gasteiger partial charge in [-0.15, -0.1) is 0 Å². The Morgan fingerprint density at radius 2 is 1.81 bits per heavy atom. The van der Waals surface area contributed by atoms with Gasteiger partial charge in [0.2, 0.25) is 0 Å². The summed E-state index contributed by atoms with van der Waals surface area (Å²) < 4.78 is 9.24. The van der Waals surface area contributed by atoms with Gasteiger partial charge < -0.3 is 9.47 Å². The Morgan fingerprint density at radius 3 is 2.31 bits per heavy atom. The minimum atomic E-state index is -1.00. The fourth-order valence-electron chi connectivity index (χ4n) is 1.14. The lowest BCUT2D eigenvalue weighted by atomic mass is 10.1. The quantitative estimate of drug-likeness (QED) is 0.477. The van der Waals surface area contributed by atoms with Crippen LogP contribution >= 0.6 is 23.2 Å². The average Bonchev–Trinajstić information content (AvgIpc) is 2.26. The summed E-state index contributed by atoms with van der Waals surface area (Å²) in [4.78, 5) is 22.7. The van der Waals surface area contributed by atoms with Gasteiger partial charge in [0.1, 0.15) is 5.75 Å².